The maximum Gasteiger partial charge on any atom is 0.408 e. The molecule has 2 aromatic carbocycles. The van der Waals surface area contributed by atoms with Crippen molar-refractivity contribution in [1.82, 2.24) is 16.0 Å². The molecular formula is C28H37N3O7. The van der Waals surface area contributed by atoms with E-state index < -0.39 is 41.6 Å². The highest BCUT2D eigenvalue weighted by Gasteiger charge is 2.27. The number of alkyl carbamates (subject to hydrolysis) is 1. The molecule has 0 saturated heterocycles. The van der Waals surface area contributed by atoms with Crippen molar-refractivity contribution in [2.45, 2.75) is 65.3 Å². The van der Waals surface area contributed by atoms with Gasteiger partial charge in [-0.15, -0.1) is 0 Å². The van der Waals surface area contributed by atoms with Gasteiger partial charge in [-0.3, -0.25) is 14.4 Å². The van der Waals surface area contributed by atoms with Crippen LogP contribution >= 0.6 is 0 Å². The zero-order chi connectivity index (χ0) is 28.1. The van der Waals surface area contributed by atoms with Crippen LogP contribution in [0, 0.1) is 0 Å². The van der Waals surface area contributed by atoms with Crippen LogP contribution in [0.1, 0.15) is 45.7 Å². The molecule has 10 nitrogen and oxygen atoms in total. The van der Waals surface area contributed by atoms with Crippen LogP contribution < -0.4 is 20.7 Å². The summed E-state index contributed by atoms with van der Waals surface area (Å²) in [6, 6.07) is 14.9. The first-order valence-corrected chi connectivity index (χ1v) is 12.5. The summed E-state index contributed by atoms with van der Waals surface area (Å²) in [7, 11) is 0. The van der Waals surface area contributed by atoms with Crippen LogP contribution in [0.2, 0.25) is 0 Å². The lowest BCUT2D eigenvalue weighted by Gasteiger charge is -2.24. The van der Waals surface area contributed by atoms with Gasteiger partial charge in [0.2, 0.25) is 11.8 Å². The number of rotatable bonds is 12. The van der Waals surface area contributed by atoms with Gasteiger partial charge in [0.15, 0.2) is 0 Å². The summed E-state index contributed by atoms with van der Waals surface area (Å²) in [5.74, 6) is -1.08. The van der Waals surface area contributed by atoms with Crippen molar-refractivity contribution in [3.05, 3.63) is 65.7 Å². The molecule has 0 bridgehead atoms. The van der Waals surface area contributed by atoms with Gasteiger partial charge in [-0.2, -0.15) is 0 Å². The van der Waals surface area contributed by atoms with Crippen molar-refractivity contribution < 1.29 is 33.4 Å². The van der Waals surface area contributed by atoms with Crippen LogP contribution in [0.25, 0.3) is 0 Å². The van der Waals surface area contributed by atoms with Gasteiger partial charge in [-0.25, -0.2) is 4.79 Å². The monoisotopic (exact) mass is 527 g/mol. The van der Waals surface area contributed by atoms with Gasteiger partial charge in [0.1, 0.15) is 36.6 Å². The van der Waals surface area contributed by atoms with E-state index in [2.05, 4.69) is 16.0 Å². The van der Waals surface area contributed by atoms with Crippen LogP contribution in [0.15, 0.2) is 54.6 Å². The quantitative estimate of drug-likeness (QED) is 0.362. The van der Waals surface area contributed by atoms with Crippen LogP contribution in [0.3, 0.4) is 0 Å². The van der Waals surface area contributed by atoms with Gasteiger partial charge >= 0.3 is 12.1 Å². The minimum absolute atomic E-state index is 0.140. The zero-order valence-electron chi connectivity index (χ0n) is 22.5. The normalized spacial score (nSPS) is 12.4. The Kier molecular flexibility index (Phi) is 11.6. The van der Waals surface area contributed by atoms with E-state index in [-0.39, 0.29) is 19.6 Å². The Hall–Kier alpha value is -4.08. The summed E-state index contributed by atoms with van der Waals surface area (Å²) in [4.78, 5) is 49.3. The number of hydrogen-bond donors (Lipinski definition) is 3. The van der Waals surface area contributed by atoms with E-state index in [1.54, 1.807) is 52.0 Å². The van der Waals surface area contributed by atoms with Gasteiger partial charge in [-0.1, -0.05) is 42.5 Å². The summed E-state index contributed by atoms with van der Waals surface area (Å²) in [6.45, 7) is 8.57. The molecule has 0 radical (unpaired) electrons. The fourth-order valence-corrected chi connectivity index (χ4v) is 3.26. The molecule has 0 fully saturated rings. The first-order chi connectivity index (χ1) is 18.0. The number of amides is 3. The molecule has 2 unspecified atom stereocenters. The molecule has 3 N–H and O–H groups in total. The lowest BCUT2D eigenvalue weighted by Crippen LogP contribution is -2.54. The highest BCUT2D eigenvalue weighted by atomic mass is 16.6. The zero-order valence-corrected chi connectivity index (χ0v) is 22.5. The van der Waals surface area contributed by atoms with E-state index in [0.717, 1.165) is 11.1 Å². The van der Waals surface area contributed by atoms with Crippen LogP contribution in [-0.2, 0) is 36.9 Å². The molecule has 2 rings (SSSR count). The molecule has 38 heavy (non-hydrogen) atoms. The van der Waals surface area contributed by atoms with Gasteiger partial charge < -0.3 is 30.2 Å². The van der Waals surface area contributed by atoms with E-state index in [1.807, 2.05) is 30.3 Å². The molecule has 0 aliphatic rings. The predicted octanol–water partition coefficient (Wildman–Crippen LogP) is 2.89. The summed E-state index contributed by atoms with van der Waals surface area (Å²) in [5, 5.41) is 7.57. The van der Waals surface area contributed by atoms with Crippen LogP contribution in [0.4, 0.5) is 4.79 Å². The molecule has 0 aliphatic heterocycles. The van der Waals surface area contributed by atoms with Crippen LogP contribution in [0.5, 0.6) is 5.75 Å². The molecule has 2 aromatic rings. The summed E-state index contributed by atoms with van der Waals surface area (Å²) < 4.78 is 15.9. The Morgan fingerprint density at radius 1 is 0.868 bits per heavy atom. The molecule has 10 heteroatoms. The molecule has 0 heterocycles. The fourth-order valence-electron chi connectivity index (χ4n) is 3.26. The SMILES string of the molecule is CCOC(=O)CNC(=O)C(C)NC(=O)C(Cc1ccc(OCc2ccccc2)cc1)NC(=O)OC(C)(C)C. The number of carbonyl (C=O) groups is 4. The fraction of sp³-hybridized carbons (Fsp3) is 0.429. The van der Waals surface area contributed by atoms with Crippen molar-refractivity contribution in [3.63, 3.8) is 0 Å². The van der Waals surface area contributed by atoms with Crippen LogP contribution in [-0.4, -0.2) is 54.7 Å². The Morgan fingerprint density at radius 3 is 2.13 bits per heavy atom. The highest BCUT2D eigenvalue weighted by Crippen LogP contribution is 2.16. The van der Waals surface area contributed by atoms with E-state index in [9.17, 15) is 19.2 Å². The standard InChI is InChI=1S/C28H37N3O7/c1-6-36-24(32)17-29-25(33)19(2)30-26(34)23(31-27(35)38-28(3,4)5)16-20-12-14-22(15-13-20)37-18-21-10-8-7-9-11-21/h7-15,19,23H,6,16-18H2,1-5H3,(H,29,33)(H,30,34)(H,31,35). The Balaban J connectivity index is 2.03. The highest BCUT2D eigenvalue weighted by molar-refractivity contribution is 5.92. The van der Waals surface area contributed by atoms with Crippen molar-refractivity contribution in [2.75, 3.05) is 13.2 Å². The largest absolute Gasteiger partial charge is 0.489 e. The van der Waals surface area contributed by atoms with Gasteiger partial charge in [-0.05, 0) is 57.9 Å². The number of benzene rings is 2. The van der Waals surface area contributed by atoms with Crippen molar-refractivity contribution in [2.24, 2.45) is 0 Å². The average Bonchev–Trinajstić information content (AvgIpc) is 2.86. The predicted molar refractivity (Wildman–Crippen MR) is 141 cm³/mol. The molecule has 0 saturated carbocycles. The second kappa shape index (κ2) is 14.6. The molecule has 3 amide bonds. The van der Waals surface area contributed by atoms with Crippen molar-refractivity contribution in [3.8, 4) is 5.75 Å². The van der Waals surface area contributed by atoms with E-state index in [0.29, 0.717) is 12.4 Å². The minimum Gasteiger partial charge on any atom is -0.489 e. The van der Waals surface area contributed by atoms with Gasteiger partial charge in [0.05, 0.1) is 6.61 Å². The smallest absolute Gasteiger partial charge is 0.408 e. The first kappa shape index (κ1) is 30.1. The molecule has 0 aromatic heterocycles. The minimum atomic E-state index is -1.03. The molecule has 0 aliphatic carbocycles. The van der Waals surface area contributed by atoms with Gasteiger partial charge in [0.25, 0.3) is 0 Å². The maximum atomic E-state index is 13.1. The van der Waals surface area contributed by atoms with E-state index in [1.165, 1.54) is 6.92 Å². The maximum absolute atomic E-state index is 13.1. The lowest BCUT2D eigenvalue weighted by molar-refractivity contribution is -0.143. The van der Waals surface area contributed by atoms with E-state index >= 15 is 0 Å². The third-order valence-electron chi connectivity index (χ3n) is 5.08. The summed E-state index contributed by atoms with van der Waals surface area (Å²) in [6.07, 6.45) is -0.624. The number of esters is 1. The third kappa shape index (κ3) is 11.3. The molecule has 206 valence electrons. The van der Waals surface area contributed by atoms with E-state index in [4.69, 9.17) is 14.2 Å². The number of carbonyl (C=O) groups excluding carboxylic acids is 4. The average molecular weight is 528 g/mol. The number of ether oxygens (including phenoxy) is 3. The Labute approximate surface area is 223 Å². The number of nitrogens with one attached hydrogen (secondary N) is 3. The molecule has 0 spiro atoms. The second-order valence-corrected chi connectivity index (χ2v) is 9.57. The van der Waals surface area contributed by atoms with Gasteiger partial charge in [0, 0.05) is 6.42 Å². The molecule has 2 atom stereocenters. The Bertz CT molecular complexity index is 1070. The second-order valence-electron chi connectivity index (χ2n) is 9.57. The number of hydrogen-bond acceptors (Lipinski definition) is 7. The van der Waals surface area contributed by atoms with Crippen molar-refractivity contribution >= 4 is 23.9 Å². The molecular weight excluding hydrogens is 490 g/mol. The topological polar surface area (TPSA) is 132 Å². The summed E-state index contributed by atoms with van der Waals surface area (Å²) in [5.41, 5.74) is 1.03. The Morgan fingerprint density at radius 2 is 1.53 bits per heavy atom. The third-order valence-corrected chi connectivity index (χ3v) is 5.08. The van der Waals surface area contributed by atoms with Crippen molar-refractivity contribution in [1.29, 1.82) is 0 Å². The first-order valence-electron chi connectivity index (χ1n) is 12.5. The summed E-state index contributed by atoms with van der Waals surface area (Å²) >= 11 is 0. The lowest BCUT2D eigenvalue weighted by atomic mass is 10.0.